The third-order valence-corrected chi connectivity index (χ3v) is 4.32. The Morgan fingerprint density at radius 3 is 2.83 bits per heavy atom. The van der Waals surface area contributed by atoms with Crippen LogP contribution in [0.3, 0.4) is 0 Å². The molecule has 98 valence electrons. The van der Waals surface area contributed by atoms with Gasteiger partial charge < -0.3 is 10.4 Å². The number of carboxylic acid groups (broad SMARTS) is 1. The number of hydrogen-bond donors (Lipinski definition) is 3. The van der Waals surface area contributed by atoms with Crippen LogP contribution in [0.15, 0.2) is 17.3 Å². The van der Waals surface area contributed by atoms with Crippen LogP contribution in [0.2, 0.25) is 0 Å². The molecule has 1 fully saturated rings. The Kier molecular flexibility index (Phi) is 3.05. The molecular weight excluding hydrogens is 264 g/mol. The fraction of sp³-hybridized carbons (Fsp3) is 0.375. The second-order valence-corrected chi connectivity index (χ2v) is 5.53. The van der Waals surface area contributed by atoms with E-state index < -0.39 is 34.5 Å². The normalized spacial score (nSPS) is 21.6. The molecule has 1 unspecified atom stereocenters. The summed E-state index contributed by atoms with van der Waals surface area (Å²) >= 11 is 0. The van der Waals surface area contributed by atoms with Gasteiger partial charge in [-0.25, -0.2) is 8.42 Å². The largest absolute Gasteiger partial charge is 0.480 e. The number of nitrogens with zero attached hydrogens (tertiary/aromatic N) is 2. The van der Waals surface area contributed by atoms with Crippen molar-refractivity contribution in [3.63, 3.8) is 0 Å². The number of piperazine rings is 1. The number of sulfonamides is 1. The number of rotatable bonds is 3. The van der Waals surface area contributed by atoms with Crippen LogP contribution in [0, 0.1) is 0 Å². The average molecular weight is 274 g/mol. The Labute approximate surface area is 102 Å². The van der Waals surface area contributed by atoms with Crippen LogP contribution >= 0.6 is 0 Å². The third kappa shape index (κ3) is 2.07. The first kappa shape index (κ1) is 12.5. The minimum absolute atomic E-state index is 0.177. The number of carboxylic acids is 1. The molecule has 1 atom stereocenters. The summed E-state index contributed by atoms with van der Waals surface area (Å²) in [4.78, 5) is 22.1. The zero-order valence-corrected chi connectivity index (χ0v) is 9.85. The molecule has 0 saturated carbocycles. The minimum Gasteiger partial charge on any atom is -0.480 e. The topological polar surface area (TPSA) is 132 Å². The van der Waals surface area contributed by atoms with Gasteiger partial charge in [-0.05, 0) is 0 Å². The van der Waals surface area contributed by atoms with Gasteiger partial charge in [0.2, 0.25) is 15.9 Å². The molecule has 1 aliphatic rings. The van der Waals surface area contributed by atoms with Gasteiger partial charge >= 0.3 is 5.97 Å². The predicted molar refractivity (Wildman–Crippen MR) is 56.9 cm³/mol. The number of H-pyrrole nitrogens is 1. The molecule has 1 aliphatic heterocycles. The van der Waals surface area contributed by atoms with Gasteiger partial charge in [-0.2, -0.15) is 9.40 Å². The lowest BCUT2D eigenvalue weighted by Gasteiger charge is -2.31. The quantitative estimate of drug-likeness (QED) is 0.583. The first-order valence-electron chi connectivity index (χ1n) is 4.93. The maximum absolute atomic E-state index is 12.1. The summed E-state index contributed by atoms with van der Waals surface area (Å²) in [6.07, 6.45) is 2.18. The van der Waals surface area contributed by atoms with Crippen LogP contribution in [0.25, 0.3) is 0 Å². The van der Waals surface area contributed by atoms with Crippen molar-refractivity contribution in [2.75, 3.05) is 13.1 Å². The average Bonchev–Trinajstić information content (AvgIpc) is 2.82. The highest BCUT2D eigenvalue weighted by Crippen LogP contribution is 2.18. The van der Waals surface area contributed by atoms with E-state index in [-0.39, 0.29) is 11.4 Å². The number of amides is 1. The van der Waals surface area contributed by atoms with Gasteiger partial charge in [0.25, 0.3) is 0 Å². The Bertz CT molecular complexity index is 566. The van der Waals surface area contributed by atoms with Crippen molar-refractivity contribution in [3.05, 3.63) is 12.4 Å². The lowest BCUT2D eigenvalue weighted by atomic mass is 10.2. The summed E-state index contributed by atoms with van der Waals surface area (Å²) in [6.45, 7) is -0.782. The van der Waals surface area contributed by atoms with E-state index in [1.807, 2.05) is 0 Å². The van der Waals surface area contributed by atoms with E-state index in [0.29, 0.717) is 4.31 Å². The van der Waals surface area contributed by atoms with Crippen molar-refractivity contribution in [2.24, 2.45) is 0 Å². The zero-order valence-electron chi connectivity index (χ0n) is 9.03. The molecule has 2 rings (SSSR count). The lowest BCUT2D eigenvalue weighted by Crippen LogP contribution is -2.59. The minimum atomic E-state index is -4.05. The summed E-state index contributed by atoms with van der Waals surface area (Å²) in [7, 11) is -4.05. The van der Waals surface area contributed by atoms with Crippen molar-refractivity contribution < 1.29 is 23.1 Å². The molecule has 3 N–H and O–H groups in total. The summed E-state index contributed by atoms with van der Waals surface area (Å²) in [5.74, 6) is -1.86. The van der Waals surface area contributed by atoms with Gasteiger partial charge in [0.1, 0.15) is 10.9 Å². The summed E-state index contributed by atoms with van der Waals surface area (Å²) in [6, 6.07) is -1.32. The van der Waals surface area contributed by atoms with Crippen LogP contribution in [0.5, 0.6) is 0 Å². The molecule has 0 aromatic carbocycles. The van der Waals surface area contributed by atoms with Gasteiger partial charge in [0.15, 0.2) is 0 Å². The number of carbonyl (C=O) groups is 2. The molecular formula is C8H10N4O5S. The summed E-state index contributed by atoms with van der Waals surface area (Å²) in [5.41, 5.74) is 0. The van der Waals surface area contributed by atoms with Gasteiger partial charge in [-0.15, -0.1) is 0 Å². The van der Waals surface area contributed by atoms with E-state index >= 15 is 0 Å². The second-order valence-electron chi connectivity index (χ2n) is 3.64. The molecule has 0 bridgehead atoms. The summed E-state index contributed by atoms with van der Waals surface area (Å²) < 4.78 is 24.9. The highest BCUT2D eigenvalue weighted by molar-refractivity contribution is 7.89. The maximum Gasteiger partial charge on any atom is 0.323 e. The van der Waals surface area contributed by atoms with Crippen LogP contribution < -0.4 is 5.32 Å². The highest BCUT2D eigenvalue weighted by atomic mass is 32.2. The molecule has 0 spiro atoms. The van der Waals surface area contributed by atoms with Crippen molar-refractivity contribution in [3.8, 4) is 0 Å². The number of hydrogen-bond acceptors (Lipinski definition) is 5. The van der Waals surface area contributed by atoms with Crippen molar-refractivity contribution in [1.29, 1.82) is 0 Å². The first-order chi connectivity index (χ1) is 8.43. The molecule has 1 saturated heterocycles. The lowest BCUT2D eigenvalue weighted by molar-refractivity contribution is -0.143. The molecule has 1 aromatic heterocycles. The van der Waals surface area contributed by atoms with Crippen molar-refractivity contribution in [1.82, 2.24) is 19.8 Å². The monoisotopic (exact) mass is 274 g/mol. The van der Waals surface area contributed by atoms with E-state index in [0.717, 1.165) is 12.4 Å². The van der Waals surface area contributed by atoms with Crippen LogP contribution in [0.4, 0.5) is 0 Å². The Morgan fingerprint density at radius 1 is 1.56 bits per heavy atom. The van der Waals surface area contributed by atoms with E-state index in [4.69, 9.17) is 5.11 Å². The van der Waals surface area contributed by atoms with Crippen LogP contribution in [0.1, 0.15) is 0 Å². The van der Waals surface area contributed by atoms with Gasteiger partial charge in [-0.1, -0.05) is 0 Å². The van der Waals surface area contributed by atoms with Crippen LogP contribution in [-0.2, 0) is 19.6 Å². The summed E-state index contributed by atoms with van der Waals surface area (Å²) in [5, 5.41) is 17.1. The SMILES string of the molecule is O=C1CN(S(=O)(=O)c2cn[nH]c2)C(C(=O)O)CN1. The molecule has 10 heteroatoms. The fourth-order valence-electron chi connectivity index (χ4n) is 1.60. The van der Waals surface area contributed by atoms with Crippen LogP contribution in [-0.4, -0.2) is 59.0 Å². The molecule has 9 nitrogen and oxygen atoms in total. The van der Waals surface area contributed by atoms with Gasteiger partial charge in [0, 0.05) is 12.7 Å². The van der Waals surface area contributed by atoms with Gasteiger partial charge in [-0.3, -0.25) is 14.7 Å². The standard InChI is InChI=1S/C8H10N4O5S/c13-7-4-12(6(3-9-7)8(14)15)18(16,17)5-1-10-11-2-5/h1-2,6H,3-4H2,(H,9,13)(H,10,11)(H,14,15). The number of aliphatic carboxylic acids is 1. The number of nitrogens with one attached hydrogen (secondary N) is 2. The predicted octanol–water partition coefficient (Wildman–Crippen LogP) is -2.02. The van der Waals surface area contributed by atoms with Crippen molar-refractivity contribution >= 4 is 21.9 Å². The highest BCUT2D eigenvalue weighted by Gasteiger charge is 2.40. The molecule has 2 heterocycles. The number of carbonyl (C=O) groups excluding carboxylic acids is 1. The molecule has 0 aliphatic carbocycles. The Hall–Kier alpha value is -1.94. The van der Waals surface area contributed by atoms with Crippen molar-refractivity contribution in [2.45, 2.75) is 10.9 Å². The fourth-order valence-corrected chi connectivity index (χ4v) is 3.04. The molecule has 18 heavy (non-hydrogen) atoms. The molecule has 1 amide bonds. The molecule has 0 radical (unpaired) electrons. The number of aromatic nitrogens is 2. The molecule has 1 aromatic rings. The number of aromatic amines is 1. The van der Waals surface area contributed by atoms with E-state index in [1.165, 1.54) is 0 Å². The van der Waals surface area contributed by atoms with E-state index in [2.05, 4.69) is 15.5 Å². The maximum atomic E-state index is 12.1. The second kappa shape index (κ2) is 4.38. The smallest absolute Gasteiger partial charge is 0.323 e. The van der Waals surface area contributed by atoms with Gasteiger partial charge in [0.05, 0.1) is 12.7 Å². The third-order valence-electron chi connectivity index (χ3n) is 2.50. The van der Waals surface area contributed by atoms with E-state index in [1.54, 1.807) is 0 Å². The Morgan fingerprint density at radius 2 is 2.28 bits per heavy atom. The zero-order chi connectivity index (χ0) is 13.3. The first-order valence-corrected chi connectivity index (χ1v) is 6.37. The van der Waals surface area contributed by atoms with E-state index in [9.17, 15) is 18.0 Å². The Balaban J connectivity index is 2.39.